The van der Waals surface area contributed by atoms with E-state index in [9.17, 15) is 4.79 Å². The molecule has 1 amide bonds. The molecule has 0 saturated carbocycles. The van der Waals surface area contributed by atoms with Gasteiger partial charge in [0.2, 0.25) is 0 Å². The van der Waals surface area contributed by atoms with Crippen LogP contribution in [0, 0.1) is 5.92 Å². The van der Waals surface area contributed by atoms with Crippen LogP contribution in [0.3, 0.4) is 0 Å². The number of hydrogen-bond donors (Lipinski definition) is 0. The van der Waals surface area contributed by atoms with Gasteiger partial charge in [-0.25, -0.2) is 4.79 Å². The van der Waals surface area contributed by atoms with Gasteiger partial charge in [-0.05, 0) is 34.1 Å². The molecule has 6 nitrogen and oxygen atoms in total. The Balaban J connectivity index is 1.76. The van der Waals surface area contributed by atoms with Gasteiger partial charge in [-0.3, -0.25) is 9.97 Å². The maximum absolute atomic E-state index is 12.0. The Hall–Kier alpha value is -1.69. The molecule has 0 radical (unpaired) electrons. The Morgan fingerprint density at radius 3 is 2.86 bits per heavy atom. The van der Waals surface area contributed by atoms with Crippen molar-refractivity contribution >= 4 is 6.09 Å². The summed E-state index contributed by atoms with van der Waals surface area (Å²) in [5, 5.41) is 0. The third kappa shape index (κ3) is 4.94. The SMILES string of the molecule is C[C@H](OC[C@H]1CCN(C(=O)OC(C)(C)C)C1)c1cnccn1. The normalized spacial score (nSPS) is 20.0. The average Bonchev–Trinajstić information content (AvgIpc) is 2.93. The zero-order valence-corrected chi connectivity index (χ0v) is 13.8. The van der Waals surface area contributed by atoms with Gasteiger partial charge in [0.05, 0.1) is 24.6 Å². The van der Waals surface area contributed by atoms with E-state index in [-0.39, 0.29) is 12.2 Å². The number of rotatable bonds is 4. The second kappa shape index (κ2) is 7.05. The highest BCUT2D eigenvalue weighted by Crippen LogP contribution is 2.22. The fourth-order valence-electron chi connectivity index (χ4n) is 2.35. The molecule has 122 valence electrons. The number of likely N-dealkylation sites (tertiary alicyclic amines) is 1. The van der Waals surface area contributed by atoms with E-state index >= 15 is 0 Å². The van der Waals surface area contributed by atoms with Crippen molar-refractivity contribution in [2.45, 2.75) is 45.8 Å². The summed E-state index contributed by atoms with van der Waals surface area (Å²) in [6.45, 7) is 9.62. The molecule has 0 aliphatic carbocycles. The van der Waals surface area contributed by atoms with Gasteiger partial charge in [0.15, 0.2) is 0 Å². The molecular weight excluding hydrogens is 282 g/mol. The highest BCUT2D eigenvalue weighted by atomic mass is 16.6. The van der Waals surface area contributed by atoms with Gasteiger partial charge in [0, 0.05) is 31.4 Å². The van der Waals surface area contributed by atoms with Crippen LogP contribution in [-0.4, -0.2) is 46.3 Å². The third-order valence-electron chi connectivity index (χ3n) is 3.52. The predicted octanol–water partition coefficient (Wildman–Crippen LogP) is 2.81. The average molecular weight is 307 g/mol. The van der Waals surface area contributed by atoms with Crippen molar-refractivity contribution in [3.63, 3.8) is 0 Å². The summed E-state index contributed by atoms with van der Waals surface area (Å²) in [5.41, 5.74) is 0.371. The van der Waals surface area contributed by atoms with Gasteiger partial charge in [-0.15, -0.1) is 0 Å². The molecular formula is C16H25N3O3. The van der Waals surface area contributed by atoms with Gasteiger partial charge in [-0.2, -0.15) is 0 Å². The molecule has 1 fully saturated rings. The van der Waals surface area contributed by atoms with Crippen LogP contribution in [0.25, 0.3) is 0 Å². The molecule has 6 heteroatoms. The zero-order chi connectivity index (χ0) is 16.2. The molecule has 0 N–H and O–H groups in total. The lowest BCUT2D eigenvalue weighted by Gasteiger charge is -2.24. The molecule has 2 atom stereocenters. The number of amides is 1. The molecule has 1 saturated heterocycles. The summed E-state index contributed by atoms with van der Waals surface area (Å²) in [4.78, 5) is 22.0. The number of carbonyl (C=O) groups is 1. The van der Waals surface area contributed by atoms with Crippen molar-refractivity contribution in [3.8, 4) is 0 Å². The molecule has 2 rings (SSSR count). The Kier molecular flexibility index (Phi) is 5.34. The van der Waals surface area contributed by atoms with Crippen molar-refractivity contribution in [2.24, 2.45) is 5.92 Å². The molecule has 0 aromatic carbocycles. The molecule has 2 heterocycles. The topological polar surface area (TPSA) is 64.5 Å². The third-order valence-corrected chi connectivity index (χ3v) is 3.52. The first kappa shape index (κ1) is 16.7. The molecule has 1 aliphatic heterocycles. The molecule has 1 aromatic rings. The highest BCUT2D eigenvalue weighted by Gasteiger charge is 2.30. The van der Waals surface area contributed by atoms with Crippen LogP contribution in [0.5, 0.6) is 0 Å². The van der Waals surface area contributed by atoms with Crippen LogP contribution in [-0.2, 0) is 9.47 Å². The molecule has 22 heavy (non-hydrogen) atoms. The van der Waals surface area contributed by atoms with E-state index in [4.69, 9.17) is 9.47 Å². The number of ether oxygens (including phenoxy) is 2. The van der Waals surface area contributed by atoms with Crippen molar-refractivity contribution < 1.29 is 14.3 Å². The largest absolute Gasteiger partial charge is 0.444 e. The summed E-state index contributed by atoms with van der Waals surface area (Å²) in [7, 11) is 0. The minimum absolute atomic E-state index is 0.0933. The lowest BCUT2D eigenvalue weighted by Crippen LogP contribution is -2.35. The first-order valence-corrected chi connectivity index (χ1v) is 7.70. The maximum Gasteiger partial charge on any atom is 0.410 e. The Bertz CT molecular complexity index is 487. The summed E-state index contributed by atoms with van der Waals surface area (Å²) in [5.74, 6) is 0.339. The van der Waals surface area contributed by atoms with E-state index < -0.39 is 5.60 Å². The van der Waals surface area contributed by atoms with E-state index in [1.54, 1.807) is 23.5 Å². The van der Waals surface area contributed by atoms with E-state index in [0.717, 1.165) is 18.7 Å². The number of aromatic nitrogens is 2. The minimum atomic E-state index is -0.452. The van der Waals surface area contributed by atoms with Gasteiger partial charge in [0.25, 0.3) is 0 Å². The van der Waals surface area contributed by atoms with Gasteiger partial charge >= 0.3 is 6.09 Å². The molecule has 0 bridgehead atoms. The molecule has 0 spiro atoms. The minimum Gasteiger partial charge on any atom is -0.444 e. The Labute approximate surface area is 131 Å². The fraction of sp³-hybridized carbons (Fsp3) is 0.688. The molecule has 1 aliphatic rings. The molecule has 1 aromatic heterocycles. The standard InChI is InChI=1S/C16H25N3O3/c1-12(14-9-17-6-7-18-14)21-11-13-5-8-19(10-13)15(20)22-16(2,3)4/h6-7,9,12-13H,5,8,10-11H2,1-4H3/t12-,13-/m0/s1. The Morgan fingerprint density at radius 1 is 1.45 bits per heavy atom. The number of nitrogens with zero attached hydrogens (tertiary/aromatic N) is 3. The Morgan fingerprint density at radius 2 is 2.23 bits per heavy atom. The fourth-order valence-corrected chi connectivity index (χ4v) is 2.35. The first-order chi connectivity index (χ1) is 10.3. The van der Waals surface area contributed by atoms with Crippen molar-refractivity contribution in [1.82, 2.24) is 14.9 Å². The van der Waals surface area contributed by atoms with Gasteiger partial charge in [-0.1, -0.05) is 0 Å². The summed E-state index contributed by atoms with van der Waals surface area (Å²) < 4.78 is 11.3. The summed E-state index contributed by atoms with van der Waals surface area (Å²) in [6, 6.07) is 0. The second-order valence-corrected chi connectivity index (χ2v) is 6.69. The maximum atomic E-state index is 12.0. The lowest BCUT2D eigenvalue weighted by atomic mass is 10.1. The van der Waals surface area contributed by atoms with Crippen LogP contribution >= 0.6 is 0 Å². The van der Waals surface area contributed by atoms with E-state index in [2.05, 4.69) is 9.97 Å². The zero-order valence-electron chi connectivity index (χ0n) is 13.8. The number of carbonyl (C=O) groups excluding carboxylic acids is 1. The van der Waals surface area contributed by atoms with Crippen molar-refractivity contribution in [3.05, 3.63) is 24.3 Å². The lowest BCUT2D eigenvalue weighted by molar-refractivity contribution is 0.0228. The number of hydrogen-bond acceptors (Lipinski definition) is 5. The van der Waals surface area contributed by atoms with Crippen molar-refractivity contribution in [2.75, 3.05) is 19.7 Å². The van der Waals surface area contributed by atoms with Crippen LogP contribution in [0.1, 0.15) is 45.9 Å². The smallest absolute Gasteiger partial charge is 0.410 e. The van der Waals surface area contributed by atoms with Crippen LogP contribution in [0.2, 0.25) is 0 Å². The quantitative estimate of drug-likeness (QED) is 0.856. The second-order valence-electron chi connectivity index (χ2n) is 6.69. The summed E-state index contributed by atoms with van der Waals surface area (Å²) in [6.07, 6.45) is 5.63. The van der Waals surface area contributed by atoms with Gasteiger partial charge < -0.3 is 14.4 Å². The van der Waals surface area contributed by atoms with E-state index in [1.807, 2.05) is 27.7 Å². The van der Waals surface area contributed by atoms with E-state index in [1.165, 1.54) is 0 Å². The monoisotopic (exact) mass is 307 g/mol. The summed E-state index contributed by atoms with van der Waals surface area (Å²) >= 11 is 0. The van der Waals surface area contributed by atoms with Gasteiger partial charge in [0.1, 0.15) is 5.60 Å². The molecule has 0 unspecified atom stereocenters. The van der Waals surface area contributed by atoms with Crippen LogP contribution in [0.15, 0.2) is 18.6 Å². The van der Waals surface area contributed by atoms with Crippen LogP contribution in [0.4, 0.5) is 4.79 Å². The highest BCUT2D eigenvalue weighted by molar-refractivity contribution is 5.68. The van der Waals surface area contributed by atoms with Crippen molar-refractivity contribution in [1.29, 1.82) is 0 Å². The first-order valence-electron chi connectivity index (χ1n) is 7.70. The predicted molar refractivity (Wildman–Crippen MR) is 82.3 cm³/mol. The van der Waals surface area contributed by atoms with Crippen LogP contribution < -0.4 is 0 Å². The van der Waals surface area contributed by atoms with E-state index in [0.29, 0.717) is 19.1 Å².